The quantitative estimate of drug-likeness (QED) is 0.654. The van der Waals surface area contributed by atoms with Crippen LogP contribution in [0.25, 0.3) is 0 Å². The normalized spacial score (nSPS) is 11.6. The van der Waals surface area contributed by atoms with Crippen molar-refractivity contribution >= 4 is 35.0 Å². The predicted octanol–water partition coefficient (Wildman–Crippen LogP) is 4.32. The number of nitrogens with zero attached hydrogens (tertiary/aromatic N) is 1. The Bertz CT molecular complexity index is 814. The van der Waals surface area contributed by atoms with Crippen molar-refractivity contribution in [3.8, 4) is 5.75 Å². The second kappa shape index (κ2) is 10.9. The Morgan fingerprint density at radius 1 is 1.14 bits per heavy atom. The molecule has 0 aliphatic rings. The number of benzene rings is 2. The van der Waals surface area contributed by atoms with Gasteiger partial charge in [0.05, 0.1) is 5.02 Å². The molecule has 2 amide bonds. The summed E-state index contributed by atoms with van der Waals surface area (Å²) in [5.74, 6) is -0.114. The van der Waals surface area contributed by atoms with Gasteiger partial charge in [-0.05, 0) is 43.2 Å². The Labute approximate surface area is 175 Å². The minimum absolute atomic E-state index is 0.213. The van der Waals surface area contributed by atoms with Crippen molar-refractivity contribution < 1.29 is 14.3 Å². The summed E-state index contributed by atoms with van der Waals surface area (Å²) in [6.07, 6.45) is 0.816. The molecule has 7 heteroatoms. The average molecular weight is 423 g/mol. The second-order valence-corrected chi connectivity index (χ2v) is 7.18. The molecule has 0 saturated carbocycles. The number of carbonyl (C=O) groups is 2. The summed E-state index contributed by atoms with van der Waals surface area (Å²) in [5, 5.41) is 3.82. The van der Waals surface area contributed by atoms with Crippen molar-refractivity contribution in [2.45, 2.75) is 32.9 Å². The molecule has 1 N–H and O–H groups in total. The number of hydrogen-bond acceptors (Lipinski definition) is 3. The number of para-hydroxylation sites is 1. The number of halogens is 2. The van der Waals surface area contributed by atoms with Gasteiger partial charge in [0.15, 0.2) is 6.61 Å². The van der Waals surface area contributed by atoms with Gasteiger partial charge in [-0.15, -0.1) is 0 Å². The van der Waals surface area contributed by atoms with Crippen LogP contribution >= 0.6 is 23.2 Å². The lowest BCUT2D eigenvalue weighted by molar-refractivity contribution is -0.142. The van der Waals surface area contributed by atoms with Crippen molar-refractivity contribution in [3.05, 3.63) is 64.1 Å². The number of ether oxygens (including phenoxy) is 1. The molecule has 0 unspecified atom stereocenters. The molecule has 0 aliphatic heterocycles. The highest BCUT2D eigenvalue weighted by atomic mass is 35.5. The van der Waals surface area contributed by atoms with Crippen molar-refractivity contribution in [1.82, 2.24) is 10.2 Å². The largest absolute Gasteiger partial charge is 0.482 e. The minimum Gasteiger partial charge on any atom is -0.482 e. The Balaban J connectivity index is 2.14. The highest BCUT2D eigenvalue weighted by Gasteiger charge is 2.26. The smallest absolute Gasteiger partial charge is 0.261 e. The van der Waals surface area contributed by atoms with E-state index in [0.29, 0.717) is 22.3 Å². The first-order valence-electron chi connectivity index (χ1n) is 9.11. The van der Waals surface area contributed by atoms with Gasteiger partial charge in [0.2, 0.25) is 5.91 Å². The van der Waals surface area contributed by atoms with Crippen LogP contribution in [0.4, 0.5) is 0 Å². The lowest BCUT2D eigenvalue weighted by Gasteiger charge is -2.28. The molecule has 0 bridgehead atoms. The van der Waals surface area contributed by atoms with Crippen LogP contribution in [0.3, 0.4) is 0 Å². The van der Waals surface area contributed by atoms with Crippen LogP contribution in [-0.2, 0) is 16.1 Å². The monoisotopic (exact) mass is 422 g/mol. The average Bonchev–Trinajstić information content (AvgIpc) is 2.69. The zero-order valence-corrected chi connectivity index (χ0v) is 17.5. The maximum absolute atomic E-state index is 12.9. The summed E-state index contributed by atoms with van der Waals surface area (Å²) in [7, 11) is 0. The number of nitrogens with one attached hydrogen (secondary N) is 1. The van der Waals surface area contributed by atoms with Gasteiger partial charge in [-0.3, -0.25) is 9.59 Å². The molecule has 150 valence electrons. The van der Waals surface area contributed by atoms with Crippen LogP contribution in [0.2, 0.25) is 10.0 Å². The van der Waals surface area contributed by atoms with Gasteiger partial charge in [0.1, 0.15) is 11.8 Å². The van der Waals surface area contributed by atoms with Crippen molar-refractivity contribution in [2.75, 3.05) is 13.2 Å². The third-order valence-corrected chi connectivity index (χ3v) is 4.69. The van der Waals surface area contributed by atoms with Crippen molar-refractivity contribution in [3.63, 3.8) is 0 Å². The van der Waals surface area contributed by atoms with Crippen LogP contribution in [0, 0.1) is 0 Å². The van der Waals surface area contributed by atoms with Crippen LogP contribution in [-0.4, -0.2) is 35.9 Å². The summed E-state index contributed by atoms with van der Waals surface area (Å²) >= 11 is 12.1. The third-order valence-electron chi connectivity index (χ3n) is 4.15. The SMILES string of the molecule is CCCNC(=O)[C@@H](C)N(Cc1cccc(Cl)c1)C(=O)COc1ccccc1Cl. The Morgan fingerprint density at radius 2 is 1.89 bits per heavy atom. The first-order valence-corrected chi connectivity index (χ1v) is 9.87. The molecule has 0 aliphatic carbocycles. The van der Waals surface area contributed by atoms with Gasteiger partial charge in [0, 0.05) is 18.1 Å². The fourth-order valence-corrected chi connectivity index (χ4v) is 3.00. The summed E-state index contributed by atoms with van der Waals surface area (Å²) in [6, 6.07) is 13.5. The molecular formula is C21H24Cl2N2O3. The van der Waals surface area contributed by atoms with Gasteiger partial charge in [-0.2, -0.15) is 0 Å². The van der Waals surface area contributed by atoms with Crippen LogP contribution in [0.1, 0.15) is 25.8 Å². The molecule has 0 radical (unpaired) electrons. The Morgan fingerprint density at radius 3 is 2.57 bits per heavy atom. The lowest BCUT2D eigenvalue weighted by Crippen LogP contribution is -2.49. The van der Waals surface area contributed by atoms with Crippen molar-refractivity contribution in [2.24, 2.45) is 0 Å². The molecule has 2 aromatic rings. The van der Waals surface area contributed by atoms with E-state index in [1.165, 1.54) is 4.90 Å². The molecule has 1 atom stereocenters. The highest BCUT2D eigenvalue weighted by Crippen LogP contribution is 2.23. The van der Waals surface area contributed by atoms with Crippen molar-refractivity contribution in [1.29, 1.82) is 0 Å². The van der Waals surface area contributed by atoms with Gasteiger partial charge in [-0.1, -0.05) is 54.4 Å². The second-order valence-electron chi connectivity index (χ2n) is 6.34. The molecule has 0 saturated heterocycles. The van der Waals surface area contributed by atoms with E-state index >= 15 is 0 Å². The molecular weight excluding hydrogens is 399 g/mol. The summed E-state index contributed by atoms with van der Waals surface area (Å²) in [6.45, 7) is 4.24. The number of rotatable bonds is 9. The predicted molar refractivity (Wildman–Crippen MR) is 112 cm³/mol. The fourth-order valence-electron chi connectivity index (χ4n) is 2.59. The molecule has 28 heavy (non-hydrogen) atoms. The van der Waals surface area contributed by atoms with Crippen LogP contribution in [0.5, 0.6) is 5.75 Å². The molecule has 5 nitrogen and oxygen atoms in total. The third kappa shape index (κ3) is 6.43. The van der Waals surface area contributed by atoms with Gasteiger partial charge < -0.3 is 15.0 Å². The molecule has 2 rings (SSSR count). The van der Waals surface area contributed by atoms with E-state index in [2.05, 4.69) is 5.32 Å². The van der Waals surface area contributed by atoms with E-state index in [9.17, 15) is 9.59 Å². The summed E-state index contributed by atoms with van der Waals surface area (Å²) in [4.78, 5) is 26.8. The zero-order chi connectivity index (χ0) is 20.5. The van der Waals surface area contributed by atoms with Crippen LogP contribution in [0.15, 0.2) is 48.5 Å². The zero-order valence-electron chi connectivity index (χ0n) is 16.0. The Kier molecular flexibility index (Phi) is 8.61. The molecule has 0 spiro atoms. The fraction of sp³-hybridized carbons (Fsp3) is 0.333. The topological polar surface area (TPSA) is 58.6 Å². The van der Waals surface area contributed by atoms with E-state index in [1.807, 2.05) is 19.1 Å². The van der Waals surface area contributed by atoms with Gasteiger partial charge >= 0.3 is 0 Å². The lowest BCUT2D eigenvalue weighted by atomic mass is 10.1. The standard InChI is InChI=1S/C21H24Cl2N2O3/c1-3-11-24-21(27)15(2)25(13-16-7-6-8-17(22)12-16)20(26)14-28-19-10-5-4-9-18(19)23/h4-10,12,15H,3,11,13-14H2,1-2H3,(H,24,27)/t15-/m1/s1. The molecule has 2 aromatic carbocycles. The van der Waals surface area contributed by atoms with E-state index in [4.69, 9.17) is 27.9 Å². The minimum atomic E-state index is -0.659. The highest BCUT2D eigenvalue weighted by molar-refractivity contribution is 6.32. The first kappa shape index (κ1) is 22.1. The van der Waals surface area contributed by atoms with E-state index in [-0.39, 0.29) is 25.0 Å². The number of hydrogen-bond donors (Lipinski definition) is 1. The maximum Gasteiger partial charge on any atom is 0.261 e. The summed E-state index contributed by atoms with van der Waals surface area (Å²) < 4.78 is 5.57. The van der Waals surface area contributed by atoms with Gasteiger partial charge in [-0.25, -0.2) is 0 Å². The van der Waals surface area contributed by atoms with E-state index < -0.39 is 6.04 Å². The molecule has 0 fully saturated rings. The summed E-state index contributed by atoms with van der Waals surface area (Å²) in [5.41, 5.74) is 0.828. The number of amides is 2. The van der Waals surface area contributed by atoms with E-state index in [1.54, 1.807) is 43.3 Å². The van der Waals surface area contributed by atoms with E-state index in [0.717, 1.165) is 12.0 Å². The van der Waals surface area contributed by atoms with Gasteiger partial charge in [0.25, 0.3) is 5.91 Å². The Hall–Kier alpha value is -2.24. The molecule has 0 heterocycles. The first-order chi connectivity index (χ1) is 13.4. The molecule has 0 aromatic heterocycles. The maximum atomic E-state index is 12.9. The number of carbonyl (C=O) groups excluding carboxylic acids is 2. The van der Waals surface area contributed by atoms with Crippen LogP contribution < -0.4 is 10.1 Å².